The molecule has 4 aromatic rings. The third-order valence-corrected chi connectivity index (χ3v) is 6.27. The Kier molecular flexibility index (Phi) is 6.73. The van der Waals surface area contributed by atoms with E-state index < -0.39 is 4.92 Å². The van der Waals surface area contributed by atoms with E-state index in [1.165, 1.54) is 23.9 Å². The van der Waals surface area contributed by atoms with Gasteiger partial charge in [0.15, 0.2) is 5.16 Å². The van der Waals surface area contributed by atoms with Crippen LogP contribution in [-0.4, -0.2) is 33.2 Å². The Hall–Kier alpha value is -3.27. The fourth-order valence-electron chi connectivity index (χ4n) is 3.23. The Morgan fingerprint density at radius 2 is 1.88 bits per heavy atom. The number of nitro groups is 1. The number of carbonyl (C=O) groups excluding carboxylic acids is 1. The fourth-order valence-corrected chi connectivity index (χ4v) is 4.54. The van der Waals surface area contributed by atoms with Crippen molar-refractivity contribution < 1.29 is 14.5 Å². The van der Waals surface area contributed by atoms with E-state index in [-0.39, 0.29) is 17.3 Å². The van der Waals surface area contributed by atoms with Gasteiger partial charge in [0.2, 0.25) is 5.91 Å². The van der Waals surface area contributed by atoms with Gasteiger partial charge < -0.3 is 10.1 Å². The van der Waals surface area contributed by atoms with Crippen LogP contribution in [-0.2, 0) is 4.79 Å². The van der Waals surface area contributed by atoms with Gasteiger partial charge >= 0.3 is 0 Å². The third-order valence-electron chi connectivity index (χ3n) is 4.70. The van der Waals surface area contributed by atoms with E-state index in [0.717, 1.165) is 0 Å². The zero-order valence-electron chi connectivity index (χ0n) is 17.1. The van der Waals surface area contributed by atoms with Crippen molar-refractivity contribution >= 4 is 63.3 Å². The number of imidazole rings is 1. The van der Waals surface area contributed by atoms with Crippen molar-refractivity contribution in [3.8, 4) is 11.4 Å². The monoisotopic (exact) mass is 502 g/mol. The average molecular weight is 503 g/mol. The molecule has 1 aromatic heterocycles. The number of fused-ring (bicyclic) bond motifs is 1. The van der Waals surface area contributed by atoms with Gasteiger partial charge in [-0.3, -0.25) is 19.5 Å². The molecule has 33 heavy (non-hydrogen) atoms. The quantitative estimate of drug-likeness (QED) is 0.189. The summed E-state index contributed by atoms with van der Waals surface area (Å²) >= 11 is 13.4. The van der Waals surface area contributed by atoms with Gasteiger partial charge in [-0.2, -0.15) is 0 Å². The fraction of sp³-hybridized carbons (Fsp3) is 0.0909. The van der Waals surface area contributed by atoms with Crippen LogP contribution in [0.3, 0.4) is 0 Å². The van der Waals surface area contributed by atoms with Crippen molar-refractivity contribution in [1.29, 1.82) is 0 Å². The predicted molar refractivity (Wildman–Crippen MR) is 130 cm³/mol. The number of carbonyl (C=O) groups is 1. The maximum atomic E-state index is 12.6. The number of nitro benzene ring substituents is 1. The molecule has 0 radical (unpaired) electrons. The largest absolute Gasteiger partial charge is 0.495 e. The van der Waals surface area contributed by atoms with E-state index in [1.807, 2.05) is 18.2 Å². The number of aromatic nitrogens is 2. The molecule has 0 fully saturated rings. The summed E-state index contributed by atoms with van der Waals surface area (Å²) in [4.78, 5) is 27.9. The normalized spacial score (nSPS) is 10.9. The molecule has 168 valence electrons. The number of non-ortho nitro benzene ring substituents is 1. The Morgan fingerprint density at radius 3 is 2.58 bits per heavy atom. The first-order valence-electron chi connectivity index (χ1n) is 9.56. The summed E-state index contributed by atoms with van der Waals surface area (Å²) in [6.45, 7) is 0. The lowest BCUT2D eigenvalue weighted by Gasteiger charge is -2.13. The number of methoxy groups -OCH3 is 1. The highest BCUT2D eigenvalue weighted by Gasteiger charge is 2.20. The zero-order chi connectivity index (χ0) is 23.5. The van der Waals surface area contributed by atoms with Crippen LogP contribution in [0.15, 0.2) is 65.8 Å². The Morgan fingerprint density at radius 1 is 1.15 bits per heavy atom. The average Bonchev–Trinajstić information content (AvgIpc) is 3.17. The molecular weight excluding hydrogens is 487 g/mol. The van der Waals surface area contributed by atoms with Gasteiger partial charge in [0.25, 0.3) is 5.69 Å². The highest BCUT2D eigenvalue weighted by Crippen LogP contribution is 2.34. The summed E-state index contributed by atoms with van der Waals surface area (Å²) in [5.74, 6) is 0.256. The molecule has 11 heteroatoms. The van der Waals surface area contributed by atoms with Crippen molar-refractivity contribution in [3.05, 3.63) is 80.8 Å². The minimum absolute atomic E-state index is 0.00210. The van der Waals surface area contributed by atoms with E-state index in [9.17, 15) is 14.9 Å². The lowest BCUT2D eigenvalue weighted by molar-refractivity contribution is -0.384. The zero-order valence-corrected chi connectivity index (χ0v) is 19.4. The van der Waals surface area contributed by atoms with Crippen molar-refractivity contribution in [2.75, 3.05) is 18.2 Å². The number of halogens is 2. The van der Waals surface area contributed by atoms with Crippen LogP contribution in [0.25, 0.3) is 16.7 Å². The Balaban J connectivity index is 1.70. The third kappa shape index (κ3) is 4.75. The van der Waals surface area contributed by atoms with Crippen LogP contribution >= 0.6 is 35.0 Å². The summed E-state index contributed by atoms with van der Waals surface area (Å²) in [6.07, 6.45) is 0. The van der Waals surface area contributed by atoms with Crippen LogP contribution in [0.1, 0.15) is 0 Å². The van der Waals surface area contributed by atoms with Crippen LogP contribution in [0, 0.1) is 10.1 Å². The van der Waals surface area contributed by atoms with Gasteiger partial charge in [-0.1, -0.05) is 53.2 Å². The number of rotatable bonds is 7. The van der Waals surface area contributed by atoms with Gasteiger partial charge in [-0.05, 0) is 30.3 Å². The van der Waals surface area contributed by atoms with E-state index in [0.29, 0.717) is 43.4 Å². The molecule has 0 aliphatic carbocycles. The topological polar surface area (TPSA) is 99.3 Å². The maximum Gasteiger partial charge on any atom is 0.271 e. The van der Waals surface area contributed by atoms with Gasteiger partial charge in [0.1, 0.15) is 5.75 Å². The van der Waals surface area contributed by atoms with Crippen LogP contribution in [0.4, 0.5) is 11.4 Å². The minimum Gasteiger partial charge on any atom is -0.495 e. The molecule has 0 aliphatic rings. The van der Waals surface area contributed by atoms with Crippen LogP contribution in [0.2, 0.25) is 10.0 Å². The number of benzene rings is 3. The first kappa shape index (κ1) is 22.9. The number of para-hydroxylation sites is 3. The number of amides is 1. The van der Waals surface area contributed by atoms with Gasteiger partial charge in [0.05, 0.1) is 50.2 Å². The number of ether oxygens (including phenoxy) is 1. The number of anilines is 1. The molecule has 1 heterocycles. The van der Waals surface area contributed by atoms with Gasteiger partial charge in [-0.15, -0.1) is 0 Å². The molecular formula is C22H16Cl2N4O4S. The van der Waals surface area contributed by atoms with E-state index in [4.69, 9.17) is 27.9 Å². The first-order chi connectivity index (χ1) is 15.9. The molecule has 0 atom stereocenters. The number of thioether (sulfide) groups is 1. The molecule has 0 bridgehead atoms. The number of hydrogen-bond donors (Lipinski definition) is 1. The summed E-state index contributed by atoms with van der Waals surface area (Å²) in [5, 5.41) is 15.1. The number of nitrogens with zero attached hydrogens (tertiary/aromatic N) is 3. The second-order valence-electron chi connectivity index (χ2n) is 6.77. The molecule has 8 nitrogen and oxygen atoms in total. The smallest absolute Gasteiger partial charge is 0.271 e. The standard InChI is InChI=1S/C22H16Cl2N4O4S/c1-32-19-8-3-2-7-18(19)27-17-10-9-13(28(30)31)11-16(17)25-22(27)33-12-20(29)26-21-14(23)5-4-6-15(21)24/h2-11H,12H2,1H3,(H,26,29). The predicted octanol–water partition coefficient (Wildman–Crippen LogP) is 5.98. The second kappa shape index (κ2) is 9.70. The summed E-state index contributed by atoms with van der Waals surface area (Å²) in [5.41, 5.74) is 2.01. The number of nitrogens with one attached hydrogen (secondary N) is 1. The molecule has 4 rings (SSSR count). The molecule has 1 amide bonds. The Labute approximate surface area is 202 Å². The number of hydrogen-bond acceptors (Lipinski definition) is 6. The van der Waals surface area contributed by atoms with Crippen LogP contribution in [0.5, 0.6) is 5.75 Å². The van der Waals surface area contributed by atoms with Crippen LogP contribution < -0.4 is 10.1 Å². The molecule has 3 aromatic carbocycles. The summed E-state index contributed by atoms with van der Waals surface area (Å²) < 4.78 is 7.30. The van der Waals surface area contributed by atoms with Gasteiger partial charge in [-0.25, -0.2) is 4.98 Å². The maximum absolute atomic E-state index is 12.6. The molecule has 0 unspecified atom stereocenters. The second-order valence-corrected chi connectivity index (χ2v) is 8.52. The van der Waals surface area contributed by atoms with Crippen molar-refractivity contribution in [3.63, 3.8) is 0 Å². The van der Waals surface area contributed by atoms with Crippen molar-refractivity contribution in [2.45, 2.75) is 5.16 Å². The van der Waals surface area contributed by atoms with E-state index in [1.54, 1.807) is 42.0 Å². The highest BCUT2D eigenvalue weighted by molar-refractivity contribution is 7.99. The first-order valence-corrected chi connectivity index (χ1v) is 11.3. The molecule has 0 saturated carbocycles. The lowest BCUT2D eigenvalue weighted by atomic mass is 10.2. The lowest BCUT2D eigenvalue weighted by Crippen LogP contribution is -2.15. The van der Waals surface area contributed by atoms with E-state index in [2.05, 4.69) is 10.3 Å². The van der Waals surface area contributed by atoms with Crippen molar-refractivity contribution in [1.82, 2.24) is 9.55 Å². The molecule has 0 spiro atoms. The summed E-state index contributed by atoms with van der Waals surface area (Å²) in [7, 11) is 1.55. The minimum atomic E-state index is -0.477. The summed E-state index contributed by atoms with van der Waals surface area (Å²) in [6, 6.07) is 16.7. The van der Waals surface area contributed by atoms with Crippen molar-refractivity contribution in [2.24, 2.45) is 0 Å². The SMILES string of the molecule is COc1ccccc1-n1c(SCC(=O)Nc2c(Cl)cccc2Cl)nc2cc([N+](=O)[O-])ccc21. The van der Waals surface area contributed by atoms with Gasteiger partial charge in [0, 0.05) is 12.1 Å². The molecule has 0 saturated heterocycles. The molecule has 0 aliphatic heterocycles. The van der Waals surface area contributed by atoms with E-state index >= 15 is 0 Å². The Bertz CT molecular complexity index is 1360. The molecule has 1 N–H and O–H groups in total. The highest BCUT2D eigenvalue weighted by atomic mass is 35.5.